The van der Waals surface area contributed by atoms with Crippen LogP contribution in [0.3, 0.4) is 0 Å². The van der Waals surface area contributed by atoms with Crippen molar-refractivity contribution in [2.45, 2.75) is 306 Å². The Morgan fingerprint density at radius 3 is 1.01 bits per heavy atom. The number of carbonyl (C=O) groups excluding carboxylic acids is 2. The van der Waals surface area contributed by atoms with Crippen LogP contribution >= 0.6 is 0 Å². The van der Waals surface area contributed by atoms with Gasteiger partial charge in [-0.3, -0.25) is 14.4 Å². The Balaban J connectivity index is 0.000000150. The molecular weight excluding hydrogens is 1140 g/mol. The minimum atomic E-state index is -0.682. The molecular formula is C79H134O12. The molecule has 12 aliphatic carbocycles. The Kier molecular flexibility index (Phi) is 22.1. The van der Waals surface area contributed by atoms with E-state index in [0.717, 1.165) is 96.3 Å². The van der Waals surface area contributed by atoms with Crippen molar-refractivity contribution in [3.8, 4) is 0 Å². The van der Waals surface area contributed by atoms with Crippen molar-refractivity contribution in [3.05, 3.63) is 0 Å². The summed E-state index contributed by atoms with van der Waals surface area (Å²) >= 11 is 0. The maximum absolute atomic E-state index is 12.4. The van der Waals surface area contributed by atoms with Gasteiger partial charge in [0, 0.05) is 32.3 Å². The van der Waals surface area contributed by atoms with Gasteiger partial charge in [0.25, 0.3) is 0 Å². The second-order valence-corrected chi connectivity index (χ2v) is 36.2. The Labute approximate surface area is 551 Å². The van der Waals surface area contributed by atoms with Crippen molar-refractivity contribution < 1.29 is 60.0 Å². The highest BCUT2D eigenvalue weighted by molar-refractivity contribution is 5.78. The van der Waals surface area contributed by atoms with Crippen LogP contribution < -0.4 is 0 Å². The Hall–Kier alpha value is -1.67. The Morgan fingerprint density at radius 1 is 0.418 bits per heavy atom. The molecule has 91 heavy (non-hydrogen) atoms. The molecule has 0 amide bonds. The van der Waals surface area contributed by atoms with Gasteiger partial charge in [0.2, 0.25) is 0 Å². The summed E-state index contributed by atoms with van der Waals surface area (Å²) in [6.07, 6.45) is 26.9. The zero-order chi connectivity index (χ0) is 66.2. The molecule has 0 aromatic rings. The quantitative estimate of drug-likeness (QED) is 0.0718. The second kappa shape index (κ2) is 27.9. The molecule has 522 valence electrons. The molecule has 0 saturated heterocycles. The zero-order valence-electron chi connectivity index (χ0n) is 59.5. The number of esters is 1. The first-order valence-electron chi connectivity index (χ1n) is 38.5. The number of Topliss-reactive ketones (excluding diaryl/α,β-unsaturated/α-hetero) is 1. The molecule has 0 bridgehead atoms. The van der Waals surface area contributed by atoms with Crippen LogP contribution in [0.5, 0.6) is 0 Å². The third-order valence-corrected chi connectivity index (χ3v) is 32.8. The monoisotopic (exact) mass is 1270 g/mol. The van der Waals surface area contributed by atoms with Gasteiger partial charge in [-0.1, -0.05) is 102 Å². The number of carboxylic acids is 1. The summed E-state index contributed by atoms with van der Waals surface area (Å²) in [5, 5.41) is 84.8. The predicted octanol–water partition coefficient (Wildman–Crippen LogP) is 14.5. The third-order valence-electron chi connectivity index (χ3n) is 32.8. The maximum Gasteiger partial charge on any atom is 0.305 e. The summed E-state index contributed by atoms with van der Waals surface area (Å²) in [5.74, 6) is 8.58. The van der Waals surface area contributed by atoms with Crippen LogP contribution in [0.4, 0.5) is 0 Å². The fourth-order valence-corrected chi connectivity index (χ4v) is 28.6. The lowest BCUT2D eigenvalue weighted by molar-refractivity contribution is -0.203. The topological polar surface area (TPSA) is 222 Å². The Morgan fingerprint density at radius 2 is 0.714 bits per heavy atom. The van der Waals surface area contributed by atoms with Crippen LogP contribution in [-0.4, -0.2) is 109 Å². The number of ketones is 1. The number of carboxylic acid groups (broad SMARTS) is 1. The van der Waals surface area contributed by atoms with Gasteiger partial charge in [0.05, 0.1) is 43.7 Å². The molecule has 12 rings (SSSR count). The molecule has 0 heterocycles. The second-order valence-electron chi connectivity index (χ2n) is 36.2. The third kappa shape index (κ3) is 12.5. The molecule has 0 aliphatic heterocycles. The summed E-state index contributed by atoms with van der Waals surface area (Å²) in [6.45, 7) is 28.2. The average Bonchev–Trinajstić information content (AvgIpc) is 1.71. The molecule has 9 unspecified atom stereocenters. The first-order valence-corrected chi connectivity index (χ1v) is 38.5. The van der Waals surface area contributed by atoms with Crippen LogP contribution in [0.1, 0.15) is 269 Å². The largest absolute Gasteiger partial charge is 0.481 e. The number of aliphatic hydroxyl groups excluding tert-OH is 7. The standard InChI is InChI=1S/C28H48O4.C26H44O4.C25H42O4/c1-5-20-24-16-19(31)10-12-28(24,4)23-11-13-27(3)21(8-9-22(27)25(23)26(20)32)17(2)15-18(30)7-6-14-29;1-6-17-21-14-16(27)9-11-26(21,4)20-10-12-25(3)18(15(2)13-22(28)30-5)7-8-19(25)23(20)24(17)29;1-5-16-20-13-15(26)8-10-25(20,4)19-9-11-24(3)17(14(2)12-21(27)28)6-7-18(24)22(19)23(16)29/h17,19-26,29,31-32H,5-16H2,1-4H3;15-21,23-24,27,29H,6-14H2,1-5H3;14-20,22-23,26,29H,5-13H2,1-4H3,(H,27,28)/t17-,19-,20-,21-,22?,23?,24+,25?,26-,27-,28-;15-,16-,17-,18-,19?,20?,21+,23?,24-,25-,26-;14-,15-,16-,17-,18?,19?,20+,22?,23-,24-,25-/m111/s1. The van der Waals surface area contributed by atoms with E-state index in [1.165, 1.54) is 64.9 Å². The van der Waals surface area contributed by atoms with Gasteiger partial charge in [-0.2, -0.15) is 0 Å². The zero-order valence-corrected chi connectivity index (χ0v) is 59.5. The van der Waals surface area contributed by atoms with Gasteiger partial charge in [-0.05, 0) is 298 Å². The van der Waals surface area contributed by atoms with Crippen LogP contribution in [0.25, 0.3) is 0 Å². The number of hydrogen-bond donors (Lipinski definition) is 8. The minimum Gasteiger partial charge on any atom is -0.481 e. The number of rotatable bonds is 15. The van der Waals surface area contributed by atoms with E-state index in [1.807, 2.05) is 0 Å². The molecule has 8 N–H and O–H groups in total. The number of aliphatic carboxylic acids is 1. The van der Waals surface area contributed by atoms with Crippen molar-refractivity contribution >= 4 is 17.7 Å². The SMILES string of the molecule is CC[C@H]1[C@@H](O)C2C3CC[C@H]([C@H](C)CC(=O)CCCO)[C@@]3(C)CCC2[C@@]2(C)CC[C@@H](O)C[C@@H]12.CC[C@H]1[C@@H](O)C2C3CC[C@H]([C@H](C)CC(=O)O)[C@@]3(C)CCC2[C@@]2(C)CC[C@@H](O)C[C@@H]12.CC[C@H]1[C@@H](O)C2C3CC[C@H]([C@H](C)CC(=O)OC)[C@@]3(C)CCC2[C@@]2(C)CC[C@@H](O)C[C@@H]12. The average molecular weight is 1280 g/mol. The molecule has 12 saturated carbocycles. The lowest BCUT2D eigenvalue weighted by atomic mass is 9.41. The fourth-order valence-electron chi connectivity index (χ4n) is 28.6. The minimum absolute atomic E-state index is 0.0944. The van der Waals surface area contributed by atoms with Crippen molar-refractivity contribution in [1.82, 2.24) is 0 Å². The number of methoxy groups -OCH3 is 1. The number of ether oxygens (including phenoxy) is 1. The summed E-state index contributed by atoms with van der Waals surface area (Å²) in [4.78, 5) is 35.8. The summed E-state index contributed by atoms with van der Waals surface area (Å²) in [6, 6.07) is 0. The fraction of sp³-hybridized carbons (Fsp3) is 0.962. The van der Waals surface area contributed by atoms with Crippen molar-refractivity contribution in [1.29, 1.82) is 0 Å². The van der Waals surface area contributed by atoms with Gasteiger partial charge in [-0.15, -0.1) is 0 Å². The highest BCUT2D eigenvalue weighted by atomic mass is 16.5. The van der Waals surface area contributed by atoms with Crippen LogP contribution in [0.15, 0.2) is 0 Å². The molecule has 0 spiro atoms. The normalized spacial score (nSPS) is 51.1. The van der Waals surface area contributed by atoms with E-state index in [9.17, 15) is 50.1 Å². The molecule has 12 fully saturated rings. The van der Waals surface area contributed by atoms with E-state index in [-0.39, 0.29) is 99.9 Å². The molecule has 12 heteroatoms. The van der Waals surface area contributed by atoms with E-state index >= 15 is 0 Å². The van der Waals surface area contributed by atoms with E-state index in [2.05, 4.69) is 83.1 Å². The van der Waals surface area contributed by atoms with Gasteiger partial charge in [0.15, 0.2) is 0 Å². The predicted molar refractivity (Wildman–Crippen MR) is 358 cm³/mol. The van der Waals surface area contributed by atoms with Crippen molar-refractivity contribution in [2.75, 3.05) is 13.7 Å². The summed E-state index contributed by atoms with van der Waals surface area (Å²) in [5.41, 5.74) is 1.32. The Bertz CT molecular complexity index is 2490. The highest BCUT2D eigenvalue weighted by Gasteiger charge is 2.69. The lowest BCUT2D eigenvalue weighted by Crippen LogP contribution is -2.62. The van der Waals surface area contributed by atoms with Crippen LogP contribution in [0.2, 0.25) is 0 Å². The van der Waals surface area contributed by atoms with Crippen LogP contribution in [0, 0.1) is 157 Å². The van der Waals surface area contributed by atoms with Crippen molar-refractivity contribution in [2.24, 2.45) is 157 Å². The number of carbonyl (C=O) groups is 3. The first-order chi connectivity index (χ1) is 43.0. The molecule has 12 nitrogen and oxygen atoms in total. The smallest absolute Gasteiger partial charge is 0.305 e. The number of aliphatic hydroxyl groups is 7. The summed E-state index contributed by atoms with van der Waals surface area (Å²) in [7, 11) is 1.49. The first kappa shape index (κ1) is 72.1. The van der Waals surface area contributed by atoms with E-state index in [4.69, 9.17) is 9.84 Å². The highest BCUT2D eigenvalue weighted by Crippen LogP contribution is 2.73. The lowest BCUT2D eigenvalue weighted by Gasteiger charge is -2.64. The molecule has 0 radical (unpaired) electrons. The molecule has 0 aromatic heterocycles. The molecule has 0 aromatic carbocycles. The van der Waals surface area contributed by atoms with Gasteiger partial charge in [0.1, 0.15) is 5.78 Å². The van der Waals surface area contributed by atoms with E-state index < -0.39 is 5.97 Å². The maximum atomic E-state index is 12.4. The van der Waals surface area contributed by atoms with Gasteiger partial charge >= 0.3 is 11.9 Å². The number of fused-ring (bicyclic) bond motifs is 15. The van der Waals surface area contributed by atoms with Gasteiger partial charge < -0.3 is 45.6 Å². The van der Waals surface area contributed by atoms with E-state index in [0.29, 0.717) is 144 Å². The molecule has 33 atom stereocenters. The van der Waals surface area contributed by atoms with E-state index in [1.54, 1.807) is 0 Å². The van der Waals surface area contributed by atoms with Crippen LogP contribution in [-0.2, 0) is 19.1 Å². The number of hydrogen-bond acceptors (Lipinski definition) is 11. The van der Waals surface area contributed by atoms with Crippen molar-refractivity contribution in [3.63, 3.8) is 0 Å². The summed E-state index contributed by atoms with van der Waals surface area (Å²) < 4.78 is 4.96. The molecule has 12 aliphatic rings. The van der Waals surface area contributed by atoms with Gasteiger partial charge in [-0.25, -0.2) is 0 Å².